The molecule has 3 rings (SSSR count). The van der Waals surface area contributed by atoms with Crippen LogP contribution in [0.1, 0.15) is 21.5 Å². The van der Waals surface area contributed by atoms with Crippen LogP contribution >= 0.6 is 0 Å². The fourth-order valence-electron chi connectivity index (χ4n) is 2.68. The molecular formula is C22H21NO4S. The molecule has 28 heavy (non-hydrogen) atoms. The van der Waals surface area contributed by atoms with Crippen LogP contribution in [-0.2, 0) is 22.1 Å². The van der Waals surface area contributed by atoms with Crippen molar-refractivity contribution < 1.29 is 17.9 Å². The number of sulfone groups is 1. The molecule has 0 atom stereocenters. The summed E-state index contributed by atoms with van der Waals surface area (Å²) in [6.07, 6.45) is 1.18. The second kappa shape index (κ2) is 8.71. The van der Waals surface area contributed by atoms with Gasteiger partial charge in [0.1, 0.15) is 11.5 Å². The third-order valence-electron chi connectivity index (χ3n) is 3.98. The molecule has 0 aliphatic heterocycles. The molecule has 3 aromatic rings. The van der Waals surface area contributed by atoms with Crippen LogP contribution < -0.4 is 10.1 Å². The first-order chi connectivity index (χ1) is 13.4. The molecule has 5 nitrogen and oxygen atoms in total. The Morgan fingerprint density at radius 3 is 2.21 bits per heavy atom. The minimum Gasteiger partial charge on any atom is -0.457 e. The number of hydrogen-bond donors (Lipinski definition) is 1. The highest BCUT2D eigenvalue weighted by Crippen LogP contribution is 2.21. The maximum absolute atomic E-state index is 12.3. The standard InChI is InChI=1S/C22H21NO4S/c1-28(25,26)16-17-10-12-19(13-11-17)22(24)23-15-18-6-5-9-21(14-18)27-20-7-3-2-4-8-20/h2-14H,15-16H2,1H3,(H,23,24). The zero-order valence-corrected chi connectivity index (χ0v) is 16.3. The van der Waals surface area contributed by atoms with E-state index in [0.717, 1.165) is 11.3 Å². The molecular weight excluding hydrogens is 374 g/mol. The molecule has 3 aromatic carbocycles. The van der Waals surface area contributed by atoms with E-state index in [0.29, 0.717) is 23.4 Å². The summed E-state index contributed by atoms with van der Waals surface area (Å²) in [5, 5.41) is 2.86. The zero-order chi connectivity index (χ0) is 20.0. The zero-order valence-electron chi connectivity index (χ0n) is 15.5. The lowest BCUT2D eigenvalue weighted by molar-refractivity contribution is 0.0951. The fourth-order valence-corrected chi connectivity index (χ4v) is 3.48. The first-order valence-electron chi connectivity index (χ1n) is 8.76. The molecule has 0 aliphatic rings. The van der Waals surface area contributed by atoms with E-state index in [1.807, 2.05) is 54.6 Å². The second-order valence-electron chi connectivity index (χ2n) is 6.51. The quantitative estimate of drug-likeness (QED) is 0.657. The molecule has 1 N–H and O–H groups in total. The maximum atomic E-state index is 12.3. The summed E-state index contributed by atoms with van der Waals surface area (Å²) in [5.74, 6) is 1.18. The lowest BCUT2D eigenvalue weighted by Gasteiger charge is -2.09. The van der Waals surface area contributed by atoms with E-state index < -0.39 is 9.84 Å². The van der Waals surface area contributed by atoms with E-state index in [9.17, 15) is 13.2 Å². The third kappa shape index (κ3) is 5.96. The Balaban J connectivity index is 1.59. The van der Waals surface area contributed by atoms with Gasteiger partial charge in [0.2, 0.25) is 0 Å². The van der Waals surface area contributed by atoms with Crippen LogP contribution in [0.2, 0.25) is 0 Å². The molecule has 0 spiro atoms. The summed E-state index contributed by atoms with van der Waals surface area (Å²) in [7, 11) is -3.10. The molecule has 0 heterocycles. The van der Waals surface area contributed by atoms with Crippen molar-refractivity contribution in [3.63, 3.8) is 0 Å². The molecule has 1 amide bonds. The average molecular weight is 395 g/mol. The summed E-state index contributed by atoms with van der Waals surface area (Å²) in [4.78, 5) is 12.3. The Bertz CT molecular complexity index is 1050. The van der Waals surface area contributed by atoms with Crippen LogP contribution in [0.25, 0.3) is 0 Å². The second-order valence-corrected chi connectivity index (χ2v) is 8.65. The van der Waals surface area contributed by atoms with E-state index in [2.05, 4.69) is 5.32 Å². The highest BCUT2D eigenvalue weighted by Gasteiger charge is 2.08. The van der Waals surface area contributed by atoms with Crippen molar-refractivity contribution in [3.8, 4) is 11.5 Å². The number of carbonyl (C=O) groups excluding carboxylic acids is 1. The SMILES string of the molecule is CS(=O)(=O)Cc1ccc(C(=O)NCc2cccc(Oc3ccccc3)c2)cc1. The van der Waals surface area contributed by atoms with Crippen LogP contribution in [0.4, 0.5) is 0 Å². The van der Waals surface area contributed by atoms with Gasteiger partial charge in [-0.1, -0.05) is 42.5 Å². The van der Waals surface area contributed by atoms with Crippen LogP contribution in [-0.4, -0.2) is 20.6 Å². The van der Waals surface area contributed by atoms with Gasteiger partial charge in [0.15, 0.2) is 9.84 Å². The third-order valence-corrected chi connectivity index (χ3v) is 4.83. The minimum atomic E-state index is -3.10. The van der Waals surface area contributed by atoms with Crippen LogP contribution in [0.15, 0.2) is 78.9 Å². The van der Waals surface area contributed by atoms with Crippen molar-refractivity contribution in [3.05, 3.63) is 95.6 Å². The molecule has 0 aromatic heterocycles. The molecule has 0 saturated carbocycles. The van der Waals surface area contributed by atoms with Crippen LogP contribution in [0.3, 0.4) is 0 Å². The normalized spacial score (nSPS) is 11.0. The number of amides is 1. The Morgan fingerprint density at radius 1 is 0.857 bits per heavy atom. The van der Waals surface area contributed by atoms with Gasteiger partial charge in [0.25, 0.3) is 5.91 Å². The average Bonchev–Trinajstić information content (AvgIpc) is 2.66. The predicted octanol–water partition coefficient (Wildman–Crippen LogP) is 3.95. The van der Waals surface area contributed by atoms with Gasteiger partial charge < -0.3 is 10.1 Å². The number of hydrogen-bond acceptors (Lipinski definition) is 4. The summed E-state index contributed by atoms with van der Waals surface area (Å²) in [6, 6.07) is 23.6. The van der Waals surface area contributed by atoms with Gasteiger partial charge in [-0.15, -0.1) is 0 Å². The van der Waals surface area contributed by atoms with E-state index >= 15 is 0 Å². The molecule has 144 valence electrons. The Morgan fingerprint density at radius 2 is 1.54 bits per heavy atom. The van der Waals surface area contributed by atoms with E-state index in [4.69, 9.17) is 4.74 Å². The lowest BCUT2D eigenvalue weighted by Crippen LogP contribution is -2.22. The molecule has 0 aliphatic carbocycles. The lowest BCUT2D eigenvalue weighted by atomic mass is 10.1. The van der Waals surface area contributed by atoms with Gasteiger partial charge in [-0.3, -0.25) is 4.79 Å². The Labute approximate surface area is 164 Å². The van der Waals surface area contributed by atoms with Gasteiger partial charge in [0, 0.05) is 18.4 Å². The number of para-hydroxylation sites is 1. The number of carbonyl (C=O) groups is 1. The Hall–Kier alpha value is -3.12. The molecule has 6 heteroatoms. The van der Waals surface area contributed by atoms with Crippen molar-refractivity contribution in [2.75, 3.05) is 6.26 Å². The first kappa shape index (κ1) is 19.6. The monoisotopic (exact) mass is 395 g/mol. The molecule has 0 unspecified atom stereocenters. The van der Waals surface area contributed by atoms with E-state index in [1.54, 1.807) is 24.3 Å². The largest absolute Gasteiger partial charge is 0.457 e. The smallest absolute Gasteiger partial charge is 0.251 e. The van der Waals surface area contributed by atoms with Gasteiger partial charge in [-0.2, -0.15) is 0 Å². The van der Waals surface area contributed by atoms with Crippen molar-refractivity contribution >= 4 is 15.7 Å². The van der Waals surface area contributed by atoms with Gasteiger partial charge >= 0.3 is 0 Å². The van der Waals surface area contributed by atoms with Crippen molar-refractivity contribution in [1.29, 1.82) is 0 Å². The number of ether oxygens (including phenoxy) is 1. The summed E-state index contributed by atoms with van der Waals surface area (Å²) >= 11 is 0. The topological polar surface area (TPSA) is 72.5 Å². The first-order valence-corrected chi connectivity index (χ1v) is 10.8. The molecule has 0 fully saturated rings. The molecule has 0 bridgehead atoms. The van der Waals surface area contributed by atoms with Crippen molar-refractivity contribution in [1.82, 2.24) is 5.32 Å². The summed E-state index contributed by atoms with van der Waals surface area (Å²) in [6.45, 7) is 0.357. The number of benzene rings is 3. The van der Waals surface area contributed by atoms with Gasteiger partial charge in [-0.05, 0) is 47.5 Å². The number of rotatable bonds is 7. The van der Waals surface area contributed by atoms with Gasteiger partial charge in [-0.25, -0.2) is 8.42 Å². The summed E-state index contributed by atoms with van der Waals surface area (Å²) < 4.78 is 28.5. The minimum absolute atomic E-state index is 0.0386. The molecule has 0 saturated heterocycles. The molecule has 0 radical (unpaired) electrons. The number of nitrogens with one attached hydrogen (secondary N) is 1. The highest BCUT2D eigenvalue weighted by molar-refractivity contribution is 7.89. The summed E-state index contributed by atoms with van der Waals surface area (Å²) in [5.41, 5.74) is 2.05. The Kier molecular flexibility index (Phi) is 6.11. The van der Waals surface area contributed by atoms with Crippen LogP contribution in [0, 0.1) is 0 Å². The van der Waals surface area contributed by atoms with E-state index in [1.165, 1.54) is 6.26 Å². The fraction of sp³-hybridized carbons (Fsp3) is 0.136. The highest BCUT2D eigenvalue weighted by atomic mass is 32.2. The maximum Gasteiger partial charge on any atom is 0.251 e. The predicted molar refractivity (Wildman–Crippen MR) is 109 cm³/mol. The van der Waals surface area contributed by atoms with Crippen molar-refractivity contribution in [2.45, 2.75) is 12.3 Å². The van der Waals surface area contributed by atoms with Crippen molar-refractivity contribution in [2.24, 2.45) is 0 Å². The van der Waals surface area contributed by atoms with Crippen LogP contribution in [0.5, 0.6) is 11.5 Å². The van der Waals surface area contributed by atoms with Gasteiger partial charge in [0.05, 0.1) is 5.75 Å². The van der Waals surface area contributed by atoms with E-state index in [-0.39, 0.29) is 11.7 Å².